The molecule has 2 saturated heterocycles. The molecule has 2 fully saturated rings. The van der Waals surface area contributed by atoms with Gasteiger partial charge in [0.05, 0.1) is 17.2 Å². The third-order valence-electron chi connectivity index (χ3n) is 4.17. The van der Waals surface area contributed by atoms with Gasteiger partial charge in [-0.05, 0) is 13.3 Å². The van der Waals surface area contributed by atoms with Crippen molar-refractivity contribution in [1.82, 2.24) is 15.0 Å². The first-order valence-corrected chi connectivity index (χ1v) is 8.94. The lowest BCUT2D eigenvalue weighted by Crippen LogP contribution is -2.52. The van der Waals surface area contributed by atoms with Crippen LogP contribution in [0.15, 0.2) is 10.6 Å². The number of nitrogens with zero attached hydrogens (tertiary/aromatic N) is 3. The van der Waals surface area contributed by atoms with Gasteiger partial charge < -0.3 is 9.42 Å². The highest BCUT2D eigenvalue weighted by molar-refractivity contribution is 7.91. The smallest absolute Gasteiger partial charge is 0.292 e. The number of carbonyl (C=O) groups is 1. The van der Waals surface area contributed by atoms with Gasteiger partial charge >= 0.3 is 0 Å². The van der Waals surface area contributed by atoms with Crippen LogP contribution in [0.1, 0.15) is 22.7 Å². The van der Waals surface area contributed by atoms with Crippen molar-refractivity contribution in [2.75, 3.05) is 37.7 Å². The number of carbonyl (C=O) groups excluding carboxylic acids is 1. The Bertz CT molecular complexity index is 632. The van der Waals surface area contributed by atoms with Crippen LogP contribution in [0.5, 0.6) is 0 Å². The Hall–Kier alpha value is -1.41. The number of hydrogen-bond donors (Lipinski definition) is 0. The molecule has 1 amide bonds. The van der Waals surface area contributed by atoms with E-state index < -0.39 is 9.84 Å². The zero-order valence-corrected chi connectivity index (χ0v) is 12.8. The minimum atomic E-state index is -2.86. The van der Waals surface area contributed by atoms with Crippen LogP contribution < -0.4 is 0 Å². The summed E-state index contributed by atoms with van der Waals surface area (Å²) in [5.74, 6) is 0.662. The largest absolute Gasteiger partial charge is 0.351 e. The van der Waals surface area contributed by atoms with Crippen LogP contribution in [0, 0.1) is 6.92 Å². The highest BCUT2D eigenvalue weighted by Crippen LogP contribution is 2.20. The Balaban J connectivity index is 1.57. The van der Waals surface area contributed by atoms with Gasteiger partial charge in [-0.2, -0.15) is 0 Å². The maximum Gasteiger partial charge on any atom is 0.292 e. The molecule has 3 heterocycles. The molecule has 0 N–H and O–H groups in total. The van der Waals surface area contributed by atoms with Gasteiger partial charge in [0.15, 0.2) is 9.84 Å². The lowest BCUT2D eigenvalue weighted by molar-refractivity contribution is 0.0550. The molecule has 1 aromatic rings. The van der Waals surface area contributed by atoms with E-state index in [0.29, 0.717) is 38.3 Å². The van der Waals surface area contributed by atoms with Crippen LogP contribution in [-0.4, -0.2) is 73.0 Å². The van der Waals surface area contributed by atoms with Gasteiger partial charge in [0.2, 0.25) is 5.76 Å². The molecule has 0 saturated carbocycles. The van der Waals surface area contributed by atoms with Crippen molar-refractivity contribution < 1.29 is 17.7 Å². The summed E-state index contributed by atoms with van der Waals surface area (Å²) in [6, 6.07) is 1.75. The Morgan fingerprint density at radius 2 is 2.05 bits per heavy atom. The standard InChI is InChI=1S/C13H19N3O4S/c1-10-8-12(20-14-10)13(17)16-5-3-15(4-6-16)11-2-7-21(18,19)9-11/h8,11H,2-7,9H2,1H3/t11-/m0/s1. The van der Waals surface area contributed by atoms with Crippen molar-refractivity contribution in [2.45, 2.75) is 19.4 Å². The van der Waals surface area contributed by atoms with Gasteiger partial charge in [0, 0.05) is 38.3 Å². The van der Waals surface area contributed by atoms with E-state index in [1.807, 2.05) is 0 Å². The number of aryl methyl sites for hydroxylation is 1. The number of sulfone groups is 1. The molecule has 0 aromatic carbocycles. The highest BCUT2D eigenvalue weighted by Gasteiger charge is 2.34. The van der Waals surface area contributed by atoms with E-state index in [1.54, 1.807) is 17.9 Å². The Kier molecular flexibility index (Phi) is 3.75. The zero-order chi connectivity index (χ0) is 15.0. The summed E-state index contributed by atoms with van der Waals surface area (Å²) in [6.07, 6.45) is 0.706. The maximum atomic E-state index is 12.2. The minimum absolute atomic E-state index is 0.111. The third kappa shape index (κ3) is 3.11. The van der Waals surface area contributed by atoms with Crippen molar-refractivity contribution in [3.05, 3.63) is 17.5 Å². The van der Waals surface area contributed by atoms with Crippen molar-refractivity contribution in [1.29, 1.82) is 0 Å². The summed E-state index contributed by atoms with van der Waals surface area (Å²) in [6.45, 7) is 4.38. The molecule has 1 atom stereocenters. The van der Waals surface area contributed by atoms with E-state index in [9.17, 15) is 13.2 Å². The average molecular weight is 313 g/mol. The molecule has 0 bridgehead atoms. The van der Waals surface area contributed by atoms with Crippen molar-refractivity contribution >= 4 is 15.7 Å². The lowest BCUT2D eigenvalue weighted by atomic mass is 10.2. The van der Waals surface area contributed by atoms with E-state index in [-0.39, 0.29) is 29.2 Å². The normalized spacial score (nSPS) is 26.1. The molecule has 1 aromatic heterocycles. The Morgan fingerprint density at radius 3 is 2.57 bits per heavy atom. The van der Waals surface area contributed by atoms with Crippen LogP contribution in [-0.2, 0) is 9.84 Å². The Morgan fingerprint density at radius 1 is 1.33 bits per heavy atom. The maximum absolute atomic E-state index is 12.2. The summed E-state index contributed by atoms with van der Waals surface area (Å²) in [4.78, 5) is 16.1. The molecule has 21 heavy (non-hydrogen) atoms. The second kappa shape index (κ2) is 5.42. The van der Waals surface area contributed by atoms with Crippen LogP contribution in [0.4, 0.5) is 0 Å². The van der Waals surface area contributed by atoms with Crippen molar-refractivity contribution in [3.63, 3.8) is 0 Å². The summed E-state index contributed by atoms with van der Waals surface area (Å²) in [5, 5.41) is 3.73. The van der Waals surface area contributed by atoms with Gasteiger partial charge in [0.1, 0.15) is 0 Å². The molecule has 0 aliphatic carbocycles. The molecular weight excluding hydrogens is 294 g/mol. The van der Waals surface area contributed by atoms with E-state index in [4.69, 9.17) is 4.52 Å². The van der Waals surface area contributed by atoms with E-state index >= 15 is 0 Å². The lowest BCUT2D eigenvalue weighted by Gasteiger charge is -2.37. The van der Waals surface area contributed by atoms with Crippen LogP contribution in [0.3, 0.4) is 0 Å². The predicted molar refractivity (Wildman–Crippen MR) is 75.8 cm³/mol. The van der Waals surface area contributed by atoms with Crippen LogP contribution in [0.2, 0.25) is 0 Å². The molecule has 7 nitrogen and oxygen atoms in total. The molecule has 0 radical (unpaired) electrons. The molecule has 3 rings (SSSR count). The number of hydrogen-bond acceptors (Lipinski definition) is 6. The summed E-state index contributed by atoms with van der Waals surface area (Å²) in [5.41, 5.74) is 0.688. The summed E-state index contributed by atoms with van der Waals surface area (Å²) in [7, 11) is -2.86. The fourth-order valence-electron chi connectivity index (χ4n) is 2.97. The Labute approximate surface area is 123 Å². The van der Waals surface area contributed by atoms with Crippen LogP contribution in [0.25, 0.3) is 0 Å². The number of aromatic nitrogens is 1. The van der Waals surface area contributed by atoms with Gasteiger partial charge in [-0.1, -0.05) is 5.16 Å². The van der Waals surface area contributed by atoms with Crippen molar-refractivity contribution in [2.24, 2.45) is 0 Å². The quantitative estimate of drug-likeness (QED) is 0.760. The van der Waals surface area contributed by atoms with Gasteiger partial charge in [-0.15, -0.1) is 0 Å². The minimum Gasteiger partial charge on any atom is -0.351 e. The highest BCUT2D eigenvalue weighted by atomic mass is 32.2. The zero-order valence-electron chi connectivity index (χ0n) is 12.0. The fourth-order valence-corrected chi connectivity index (χ4v) is 4.74. The van der Waals surface area contributed by atoms with Gasteiger partial charge in [0.25, 0.3) is 5.91 Å². The molecule has 116 valence electrons. The van der Waals surface area contributed by atoms with Crippen molar-refractivity contribution in [3.8, 4) is 0 Å². The molecule has 2 aliphatic rings. The first-order chi connectivity index (χ1) is 9.94. The summed E-state index contributed by atoms with van der Waals surface area (Å²) < 4.78 is 28.1. The fraction of sp³-hybridized carbons (Fsp3) is 0.692. The molecule has 0 unspecified atom stereocenters. The predicted octanol–water partition coefficient (Wildman–Crippen LogP) is -0.0721. The van der Waals surface area contributed by atoms with Gasteiger partial charge in [-0.3, -0.25) is 9.69 Å². The first-order valence-electron chi connectivity index (χ1n) is 7.12. The number of piperazine rings is 1. The average Bonchev–Trinajstić information content (AvgIpc) is 3.04. The van der Waals surface area contributed by atoms with Crippen LogP contribution >= 0.6 is 0 Å². The monoisotopic (exact) mass is 313 g/mol. The topological polar surface area (TPSA) is 83.7 Å². The molecule has 8 heteroatoms. The van der Waals surface area contributed by atoms with E-state index in [2.05, 4.69) is 10.1 Å². The molecule has 2 aliphatic heterocycles. The van der Waals surface area contributed by atoms with E-state index in [0.717, 1.165) is 0 Å². The second-order valence-corrected chi connectivity index (χ2v) is 7.95. The molecule has 0 spiro atoms. The van der Waals surface area contributed by atoms with E-state index in [1.165, 1.54) is 0 Å². The second-order valence-electron chi connectivity index (χ2n) is 5.72. The van der Waals surface area contributed by atoms with Gasteiger partial charge in [-0.25, -0.2) is 8.42 Å². The summed E-state index contributed by atoms with van der Waals surface area (Å²) >= 11 is 0. The molecular formula is C13H19N3O4S. The number of rotatable bonds is 2. The number of amides is 1. The third-order valence-corrected chi connectivity index (χ3v) is 5.92. The SMILES string of the molecule is Cc1cc(C(=O)N2CCN([C@H]3CCS(=O)(=O)C3)CC2)on1. The first kappa shape index (κ1) is 14.5.